The van der Waals surface area contributed by atoms with Crippen molar-refractivity contribution >= 4 is 17.7 Å². The van der Waals surface area contributed by atoms with E-state index in [9.17, 15) is 4.79 Å². The van der Waals surface area contributed by atoms with Gasteiger partial charge in [0.05, 0.1) is 7.11 Å². The molecule has 1 heterocycles. The number of hydrogen-bond acceptors (Lipinski definition) is 3. The fraction of sp³-hybridized carbons (Fsp3) is 0.444. The van der Waals surface area contributed by atoms with Gasteiger partial charge in [-0.15, -0.1) is 0 Å². The maximum absolute atomic E-state index is 11.2. The van der Waals surface area contributed by atoms with Gasteiger partial charge in [-0.05, 0) is 86.4 Å². The van der Waals surface area contributed by atoms with E-state index in [2.05, 4.69) is 49.6 Å². The van der Waals surface area contributed by atoms with Gasteiger partial charge in [-0.1, -0.05) is 26.0 Å². The summed E-state index contributed by atoms with van der Waals surface area (Å²) in [6, 6.07) is 12.7. The summed E-state index contributed by atoms with van der Waals surface area (Å²) in [4.78, 5) is 13.6. The summed E-state index contributed by atoms with van der Waals surface area (Å²) < 4.78 is 5.85. The van der Waals surface area contributed by atoms with Crippen molar-refractivity contribution in [3.8, 4) is 5.75 Å². The van der Waals surface area contributed by atoms with Crippen molar-refractivity contribution in [2.24, 2.45) is 5.92 Å². The molecule has 0 aromatic heterocycles. The maximum Gasteiger partial charge on any atom is 0.150 e. The van der Waals surface area contributed by atoms with Gasteiger partial charge in [0, 0.05) is 34.5 Å². The van der Waals surface area contributed by atoms with E-state index >= 15 is 0 Å². The van der Waals surface area contributed by atoms with Crippen molar-refractivity contribution in [1.29, 1.82) is 0 Å². The normalized spacial score (nSPS) is 23.8. The van der Waals surface area contributed by atoms with Crippen LogP contribution in [0.3, 0.4) is 0 Å². The van der Waals surface area contributed by atoms with Crippen molar-refractivity contribution in [3.63, 3.8) is 0 Å². The molecule has 3 heteroatoms. The van der Waals surface area contributed by atoms with Gasteiger partial charge < -0.3 is 9.64 Å². The van der Waals surface area contributed by atoms with Crippen LogP contribution in [0.4, 0.5) is 11.4 Å². The maximum atomic E-state index is 11.2. The molecule has 2 unspecified atom stereocenters. The largest absolute Gasteiger partial charge is 0.496 e. The molecule has 0 radical (unpaired) electrons. The molecular formula is C27H33NO2. The fourth-order valence-electron chi connectivity index (χ4n) is 5.76. The highest BCUT2D eigenvalue weighted by Gasteiger charge is 2.39. The molecule has 2 atom stereocenters. The Balaban J connectivity index is 1.79. The zero-order valence-electron chi connectivity index (χ0n) is 18.5. The number of methoxy groups -OCH3 is 1. The topological polar surface area (TPSA) is 29.5 Å². The number of benzene rings is 2. The minimum Gasteiger partial charge on any atom is -0.496 e. The number of aldehydes is 1. The predicted octanol–water partition coefficient (Wildman–Crippen LogP) is 6.62. The van der Waals surface area contributed by atoms with Crippen LogP contribution in [-0.2, 0) is 11.8 Å². The van der Waals surface area contributed by atoms with E-state index in [1.165, 1.54) is 34.5 Å². The number of carbonyl (C=O) groups is 1. The number of allylic oxidation sites excluding steroid dienone is 1. The summed E-state index contributed by atoms with van der Waals surface area (Å²) in [5, 5.41) is 0. The molecule has 30 heavy (non-hydrogen) atoms. The molecule has 4 rings (SSSR count). The Labute approximate surface area is 180 Å². The number of fused-ring (bicyclic) bond motifs is 1. The molecule has 3 nitrogen and oxygen atoms in total. The van der Waals surface area contributed by atoms with Crippen LogP contribution in [-0.4, -0.2) is 19.9 Å². The van der Waals surface area contributed by atoms with Crippen molar-refractivity contribution in [1.82, 2.24) is 0 Å². The third-order valence-electron chi connectivity index (χ3n) is 7.07. The first-order chi connectivity index (χ1) is 14.5. The molecular weight excluding hydrogens is 370 g/mol. The van der Waals surface area contributed by atoms with Gasteiger partial charge in [0.15, 0.2) is 0 Å². The lowest BCUT2D eigenvalue weighted by atomic mass is 9.63. The van der Waals surface area contributed by atoms with Crippen LogP contribution in [0.2, 0.25) is 0 Å². The number of ether oxygens (including phenoxy) is 1. The summed E-state index contributed by atoms with van der Waals surface area (Å²) in [6.45, 7) is 10.00. The molecule has 2 aromatic rings. The minimum absolute atomic E-state index is 0.0795. The average Bonchev–Trinajstić information content (AvgIpc) is 2.77. The zero-order chi connectivity index (χ0) is 21.3. The molecule has 2 aliphatic rings. The summed E-state index contributed by atoms with van der Waals surface area (Å²) in [6.07, 6.45) is 7.45. The average molecular weight is 404 g/mol. The van der Waals surface area contributed by atoms with Crippen LogP contribution < -0.4 is 9.64 Å². The molecule has 158 valence electrons. The number of hydrogen-bond donors (Lipinski definition) is 0. The lowest BCUT2D eigenvalue weighted by Crippen LogP contribution is -2.33. The second kappa shape index (κ2) is 8.29. The third-order valence-corrected chi connectivity index (χ3v) is 7.07. The van der Waals surface area contributed by atoms with Crippen LogP contribution in [0.5, 0.6) is 5.75 Å². The fourth-order valence-corrected chi connectivity index (χ4v) is 5.76. The zero-order valence-corrected chi connectivity index (χ0v) is 18.5. The van der Waals surface area contributed by atoms with Crippen molar-refractivity contribution in [2.75, 3.05) is 18.6 Å². The van der Waals surface area contributed by atoms with E-state index in [-0.39, 0.29) is 5.41 Å². The Morgan fingerprint density at radius 2 is 2.10 bits per heavy atom. The summed E-state index contributed by atoms with van der Waals surface area (Å²) in [5.41, 5.74) is 7.19. The number of rotatable bonds is 5. The van der Waals surface area contributed by atoms with Gasteiger partial charge in [-0.2, -0.15) is 0 Å². The van der Waals surface area contributed by atoms with E-state index in [0.29, 0.717) is 5.92 Å². The van der Waals surface area contributed by atoms with E-state index < -0.39 is 0 Å². The quantitative estimate of drug-likeness (QED) is 0.415. The number of anilines is 2. The molecule has 0 spiro atoms. The van der Waals surface area contributed by atoms with E-state index in [4.69, 9.17) is 4.74 Å². The first-order valence-electron chi connectivity index (χ1n) is 11.2. The van der Waals surface area contributed by atoms with Crippen molar-refractivity contribution < 1.29 is 9.53 Å². The van der Waals surface area contributed by atoms with Gasteiger partial charge in [0.2, 0.25) is 0 Å². The molecule has 0 saturated heterocycles. The van der Waals surface area contributed by atoms with Crippen LogP contribution in [0, 0.1) is 5.92 Å². The minimum atomic E-state index is 0.0795. The first-order valence-corrected chi connectivity index (χ1v) is 11.2. The van der Waals surface area contributed by atoms with E-state index in [1.807, 2.05) is 12.1 Å². The first kappa shape index (κ1) is 20.7. The highest BCUT2D eigenvalue weighted by Crippen LogP contribution is 2.50. The molecule has 1 aliphatic carbocycles. The van der Waals surface area contributed by atoms with Gasteiger partial charge in [-0.25, -0.2) is 0 Å². The molecule has 1 saturated carbocycles. The monoisotopic (exact) mass is 403 g/mol. The number of carbonyl (C=O) groups excluding carboxylic acids is 1. The standard InChI is InChI=1S/C27H33NO2/c1-5-27(16-19(2)13-20(3)17-27)24-15-23(9-11-26(24)30-4)28-12-6-7-22-14-21(18-29)8-10-25(22)28/h8-11,14-15,18,20H,2,5-7,12-13,16-17H2,1,3-4H3. The second-order valence-corrected chi connectivity index (χ2v) is 9.22. The van der Waals surface area contributed by atoms with E-state index in [0.717, 1.165) is 56.2 Å². The molecule has 0 amide bonds. The van der Waals surface area contributed by atoms with Gasteiger partial charge in [-0.3, -0.25) is 4.79 Å². The van der Waals surface area contributed by atoms with Gasteiger partial charge >= 0.3 is 0 Å². The Kier molecular flexibility index (Phi) is 5.73. The van der Waals surface area contributed by atoms with Crippen LogP contribution in [0.25, 0.3) is 0 Å². The predicted molar refractivity (Wildman–Crippen MR) is 124 cm³/mol. The highest BCUT2D eigenvalue weighted by molar-refractivity contribution is 5.79. The summed E-state index contributed by atoms with van der Waals surface area (Å²) in [5.74, 6) is 1.62. The Morgan fingerprint density at radius 1 is 1.27 bits per heavy atom. The number of aryl methyl sites for hydroxylation is 1. The second-order valence-electron chi connectivity index (χ2n) is 9.22. The lowest BCUT2D eigenvalue weighted by Gasteiger charge is -2.42. The molecule has 1 fully saturated rings. The van der Waals surface area contributed by atoms with E-state index in [1.54, 1.807) is 7.11 Å². The summed E-state index contributed by atoms with van der Waals surface area (Å²) in [7, 11) is 1.78. The van der Waals surface area contributed by atoms with Crippen LogP contribution in [0.1, 0.15) is 67.4 Å². The summed E-state index contributed by atoms with van der Waals surface area (Å²) >= 11 is 0. The lowest BCUT2D eigenvalue weighted by molar-refractivity contribution is 0.112. The van der Waals surface area contributed by atoms with Crippen molar-refractivity contribution in [2.45, 2.75) is 57.8 Å². The van der Waals surface area contributed by atoms with Crippen molar-refractivity contribution in [3.05, 3.63) is 65.2 Å². The SMILES string of the molecule is C=C1CC(C)CC(CC)(c2cc(N3CCCc4cc(C=O)ccc43)ccc2OC)C1. The smallest absolute Gasteiger partial charge is 0.150 e. The molecule has 0 N–H and O–H groups in total. The highest BCUT2D eigenvalue weighted by atomic mass is 16.5. The van der Waals surface area contributed by atoms with Crippen LogP contribution in [0.15, 0.2) is 48.6 Å². The van der Waals surface area contributed by atoms with Gasteiger partial charge in [0.25, 0.3) is 0 Å². The molecule has 1 aliphatic heterocycles. The Bertz CT molecular complexity index is 963. The molecule has 0 bridgehead atoms. The van der Waals surface area contributed by atoms with Gasteiger partial charge in [0.1, 0.15) is 12.0 Å². The Hall–Kier alpha value is -2.55. The number of nitrogens with zero attached hydrogens (tertiary/aromatic N) is 1. The molecule has 2 aromatic carbocycles. The Morgan fingerprint density at radius 3 is 2.80 bits per heavy atom. The third kappa shape index (κ3) is 3.66. The van der Waals surface area contributed by atoms with Crippen LogP contribution >= 0.6 is 0 Å².